The van der Waals surface area contributed by atoms with Gasteiger partial charge in [-0.3, -0.25) is 0 Å². The van der Waals surface area contributed by atoms with Gasteiger partial charge in [0.05, 0.1) is 5.56 Å². The number of primary sulfonamides is 1. The van der Waals surface area contributed by atoms with E-state index in [4.69, 9.17) is 5.14 Å². The molecule has 154 valence electrons. The Morgan fingerprint density at radius 3 is 2.21 bits per heavy atom. The Morgan fingerprint density at radius 1 is 1.00 bits per heavy atom. The average molecular weight is 436 g/mol. The first-order chi connectivity index (χ1) is 13.3. The molecule has 0 radical (unpaired) electrons. The molecule has 0 amide bonds. The Hall–Kier alpha value is -2.86. The number of aromatic nitrogens is 1. The molecule has 0 aliphatic heterocycles. The van der Waals surface area contributed by atoms with Crippen molar-refractivity contribution >= 4 is 10.0 Å². The van der Waals surface area contributed by atoms with Crippen molar-refractivity contribution < 1.29 is 39.3 Å². The standard InChI is InChI=1S/C17H10F6N2O3S/c1-7-2-3-8(4-10(7)18)15-14(16(28-25-15)17(21,22)23)9-5-12(20)13(6-11(9)19)29(24,26)27/h2-6H,1H3,(H2,24,26,27). The molecule has 12 heteroatoms. The van der Waals surface area contributed by atoms with E-state index in [1.807, 2.05) is 0 Å². The number of nitrogens with two attached hydrogens (primary N) is 1. The highest BCUT2D eigenvalue weighted by atomic mass is 32.2. The van der Waals surface area contributed by atoms with Crippen LogP contribution in [0.1, 0.15) is 11.3 Å². The highest BCUT2D eigenvalue weighted by Gasteiger charge is 2.42. The van der Waals surface area contributed by atoms with Crippen LogP contribution in [0, 0.1) is 24.4 Å². The number of nitrogens with zero attached hydrogens (tertiary/aromatic N) is 1. The maximum Gasteiger partial charge on any atom is 0.453 e. The third-order valence-electron chi connectivity index (χ3n) is 3.99. The molecule has 0 saturated heterocycles. The molecule has 5 nitrogen and oxygen atoms in total. The lowest BCUT2D eigenvalue weighted by Gasteiger charge is -2.10. The predicted molar refractivity (Wildman–Crippen MR) is 88.4 cm³/mol. The van der Waals surface area contributed by atoms with Gasteiger partial charge in [0.2, 0.25) is 15.8 Å². The molecule has 0 aliphatic rings. The van der Waals surface area contributed by atoms with Gasteiger partial charge in [0, 0.05) is 11.1 Å². The normalized spacial score (nSPS) is 12.4. The fourth-order valence-electron chi connectivity index (χ4n) is 2.61. The summed E-state index contributed by atoms with van der Waals surface area (Å²) in [6.07, 6.45) is -5.16. The number of sulfonamides is 1. The lowest BCUT2D eigenvalue weighted by atomic mass is 9.97. The van der Waals surface area contributed by atoms with E-state index >= 15 is 0 Å². The van der Waals surface area contributed by atoms with Crippen molar-refractivity contribution in [1.29, 1.82) is 0 Å². The van der Waals surface area contributed by atoms with Crippen molar-refractivity contribution in [2.75, 3.05) is 0 Å². The summed E-state index contributed by atoms with van der Waals surface area (Å²) in [7, 11) is -4.68. The molecule has 3 aromatic rings. The number of hydrogen-bond donors (Lipinski definition) is 1. The van der Waals surface area contributed by atoms with Gasteiger partial charge in [-0.25, -0.2) is 26.7 Å². The minimum Gasteiger partial charge on any atom is -0.350 e. The molecule has 2 N–H and O–H groups in total. The van der Waals surface area contributed by atoms with Crippen molar-refractivity contribution in [1.82, 2.24) is 5.16 Å². The van der Waals surface area contributed by atoms with E-state index in [0.29, 0.717) is 0 Å². The van der Waals surface area contributed by atoms with Crippen molar-refractivity contribution in [3.05, 3.63) is 59.1 Å². The van der Waals surface area contributed by atoms with E-state index in [9.17, 15) is 34.8 Å². The van der Waals surface area contributed by atoms with Gasteiger partial charge in [0.25, 0.3) is 0 Å². The summed E-state index contributed by atoms with van der Waals surface area (Å²) in [5.41, 5.74) is -2.63. The molecule has 1 aromatic heterocycles. The van der Waals surface area contributed by atoms with Crippen LogP contribution < -0.4 is 5.14 Å². The Balaban J connectivity index is 2.35. The second kappa shape index (κ2) is 6.88. The molecule has 2 aromatic carbocycles. The van der Waals surface area contributed by atoms with Crippen LogP contribution in [0.5, 0.6) is 0 Å². The number of hydrogen-bond acceptors (Lipinski definition) is 4. The van der Waals surface area contributed by atoms with Gasteiger partial charge in [-0.05, 0) is 30.7 Å². The van der Waals surface area contributed by atoms with Crippen molar-refractivity contribution in [3.63, 3.8) is 0 Å². The van der Waals surface area contributed by atoms with E-state index in [2.05, 4.69) is 9.68 Å². The Kier molecular flexibility index (Phi) is 4.95. The van der Waals surface area contributed by atoms with E-state index in [-0.39, 0.29) is 23.3 Å². The summed E-state index contributed by atoms with van der Waals surface area (Å²) in [6, 6.07) is 3.69. The first-order valence-electron chi connectivity index (χ1n) is 7.66. The van der Waals surface area contributed by atoms with Gasteiger partial charge in [-0.2, -0.15) is 13.2 Å². The summed E-state index contributed by atoms with van der Waals surface area (Å²) < 4.78 is 110. The van der Waals surface area contributed by atoms with Crippen LogP contribution in [0.2, 0.25) is 0 Å². The smallest absolute Gasteiger partial charge is 0.350 e. The van der Waals surface area contributed by atoms with Gasteiger partial charge in [0.15, 0.2) is 0 Å². The van der Waals surface area contributed by atoms with Crippen LogP contribution in [0.4, 0.5) is 26.3 Å². The van der Waals surface area contributed by atoms with Gasteiger partial charge in [-0.1, -0.05) is 17.3 Å². The number of aryl methyl sites for hydroxylation is 1. The summed E-state index contributed by atoms with van der Waals surface area (Å²) in [4.78, 5) is -1.24. The summed E-state index contributed by atoms with van der Waals surface area (Å²) in [6.45, 7) is 1.41. The van der Waals surface area contributed by atoms with Crippen molar-refractivity contribution in [3.8, 4) is 22.4 Å². The molecule has 0 bridgehead atoms. The molecule has 0 spiro atoms. The van der Waals surface area contributed by atoms with Crippen LogP contribution in [0.15, 0.2) is 39.8 Å². The molecule has 3 rings (SSSR count). The lowest BCUT2D eigenvalue weighted by Crippen LogP contribution is -2.15. The van der Waals surface area contributed by atoms with E-state index in [0.717, 1.165) is 6.07 Å². The summed E-state index contributed by atoms with van der Waals surface area (Å²) in [5, 5.41) is 8.01. The zero-order valence-electron chi connectivity index (χ0n) is 14.3. The lowest BCUT2D eigenvalue weighted by molar-refractivity contribution is -0.154. The highest BCUT2D eigenvalue weighted by molar-refractivity contribution is 7.89. The largest absolute Gasteiger partial charge is 0.453 e. The van der Waals surface area contributed by atoms with Crippen molar-refractivity contribution in [2.45, 2.75) is 18.0 Å². The zero-order valence-corrected chi connectivity index (χ0v) is 15.1. The Bertz CT molecular complexity index is 1220. The fourth-order valence-corrected chi connectivity index (χ4v) is 3.21. The van der Waals surface area contributed by atoms with Crippen LogP contribution in [-0.4, -0.2) is 13.6 Å². The third-order valence-corrected chi connectivity index (χ3v) is 4.92. The average Bonchev–Trinajstić information content (AvgIpc) is 3.03. The topological polar surface area (TPSA) is 86.2 Å². The third kappa shape index (κ3) is 3.85. The van der Waals surface area contributed by atoms with Gasteiger partial charge in [-0.15, -0.1) is 0 Å². The minimum absolute atomic E-state index is 0.145. The molecule has 0 atom stereocenters. The second-order valence-corrected chi connectivity index (χ2v) is 7.53. The highest BCUT2D eigenvalue weighted by Crippen LogP contribution is 2.44. The molecule has 0 unspecified atom stereocenters. The van der Waals surface area contributed by atoms with Crippen molar-refractivity contribution in [2.24, 2.45) is 5.14 Å². The maximum absolute atomic E-state index is 14.5. The van der Waals surface area contributed by atoms with Gasteiger partial charge in [0.1, 0.15) is 28.0 Å². The Labute approximate surface area is 159 Å². The fraction of sp³-hybridized carbons (Fsp3) is 0.118. The van der Waals surface area contributed by atoms with Crippen LogP contribution >= 0.6 is 0 Å². The monoisotopic (exact) mass is 436 g/mol. The molecular weight excluding hydrogens is 426 g/mol. The van der Waals surface area contributed by atoms with Crippen LogP contribution in [-0.2, 0) is 16.2 Å². The molecule has 0 saturated carbocycles. The van der Waals surface area contributed by atoms with Gasteiger partial charge < -0.3 is 4.52 Å². The van der Waals surface area contributed by atoms with Crippen LogP contribution in [0.25, 0.3) is 22.4 Å². The minimum atomic E-state index is -5.16. The summed E-state index contributed by atoms with van der Waals surface area (Å²) in [5.74, 6) is -5.66. The predicted octanol–water partition coefficient (Wildman–Crippen LogP) is 4.40. The second-order valence-electron chi connectivity index (χ2n) is 6.00. The van der Waals surface area contributed by atoms with E-state index in [1.54, 1.807) is 0 Å². The van der Waals surface area contributed by atoms with E-state index < -0.39 is 61.1 Å². The molecule has 29 heavy (non-hydrogen) atoms. The van der Waals surface area contributed by atoms with E-state index in [1.165, 1.54) is 19.1 Å². The van der Waals surface area contributed by atoms with Gasteiger partial charge >= 0.3 is 6.18 Å². The first-order valence-corrected chi connectivity index (χ1v) is 9.21. The van der Waals surface area contributed by atoms with Crippen LogP contribution in [0.3, 0.4) is 0 Å². The SMILES string of the molecule is Cc1ccc(-c2noc(C(F)(F)F)c2-c2cc(F)c(S(N)(=O)=O)cc2F)cc1F. The number of rotatable bonds is 3. The molecule has 0 aliphatic carbocycles. The molecule has 0 fully saturated rings. The zero-order chi connectivity index (χ0) is 21.7. The maximum atomic E-state index is 14.5. The Morgan fingerprint density at radius 2 is 1.66 bits per heavy atom. The molecular formula is C17H10F6N2O3S. The number of halogens is 6. The molecule has 1 heterocycles. The quantitative estimate of drug-likeness (QED) is 0.617. The first kappa shape index (κ1) is 20.9. The number of benzene rings is 2. The summed E-state index contributed by atoms with van der Waals surface area (Å²) >= 11 is 0. The number of alkyl halides is 3.